The summed E-state index contributed by atoms with van der Waals surface area (Å²) >= 11 is 0. The third-order valence-electron chi connectivity index (χ3n) is 3.24. The highest BCUT2D eigenvalue weighted by Gasteiger charge is 2.21. The highest BCUT2D eigenvalue weighted by Crippen LogP contribution is 2.24. The minimum atomic E-state index is 0.106. The lowest BCUT2D eigenvalue weighted by molar-refractivity contribution is -0.129. The van der Waals surface area contributed by atoms with Gasteiger partial charge in [0.15, 0.2) is 0 Å². The van der Waals surface area contributed by atoms with E-state index in [9.17, 15) is 4.79 Å². The Bertz CT molecular complexity index is 192. The maximum Gasteiger partial charge on any atom is 0.236 e. The zero-order chi connectivity index (χ0) is 10.6. The average molecular weight is 198 g/mol. The molecule has 1 saturated heterocycles. The molecule has 3 heteroatoms. The van der Waals surface area contributed by atoms with E-state index in [1.54, 1.807) is 0 Å². The standard InChI is InChI=1S/C11H22N2O/c1-9(2)10-4-3-6-13(7-5-10)11(14)8-12/h9-10H,3-8,12H2,1-2H3. The molecule has 0 aromatic carbocycles. The van der Waals surface area contributed by atoms with Gasteiger partial charge in [0.05, 0.1) is 6.54 Å². The molecule has 1 unspecified atom stereocenters. The Morgan fingerprint density at radius 3 is 2.71 bits per heavy atom. The lowest BCUT2D eigenvalue weighted by Gasteiger charge is -2.20. The van der Waals surface area contributed by atoms with Crippen LogP contribution in [0.15, 0.2) is 0 Å². The van der Waals surface area contributed by atoms with Gasteiger partial charge in [0.25, 0.3) is 0 Å². The number of likely N-dealkylation sites (tertiary alicyclic amines) is 1. The highest BCUT2D eigenvalue weighted by molar-refractivity contribution is 5.77. The van der Waals surface area contributed by atoms with Crippen LogP contribution in [0.3, 0.4) is 0 Å². The van der Waals surface area contributed by atoms with Gasteiger partial charge in [-0.2, -0.15) is 0 Å². The summed E-state index contributed by atoms with van der Waals surface area (Å²) in [5, 5.41) is 0. The Morgan fingerprint density at radius 2 is 2.14 bits per heavy atom. The lowest BCUT2D eigenvalue weighted by Crippen LogP contribution is -2.36. The molecule has 82 valence electrons. The van der Waals surface area contributed by atoms with Gasteiger partial charge in [-0.25, -0.2) is 0 Å². The van der Waals surface area contributed by atoms with Crippen molar-refractivity contribution in [3.63, 3.8) is 0 Å². The van der Waals surface area contributed by atoms with E-state index in [-0.39, 0.29) is 12.5 Å². The summed E-state index contributed by atoms with van der Waals surface area (Å²) in [5.41, 5.74) is 5.36. The van der Waals surface area contributed by atoms with E-state index in [4.69, 9.17) is 5.73 Å². The molecule has 0 bridgehead atoms. The van der Waals surface area contributed by atoms with Crippen LogP contribution < -0.4 is 5.73 Å². The summed E-state index contributed by atoms with van der Waals surface area (Å²) in [7, 11) is 0. The largest absolute Gasteiger partial charge is 0.342 e. The fourth-order valence-corrected chi connectivity index (χ4v) is 2.17. The summed E-state index contributed by atoms with van der Waals surface area (Å²) in [6.07, 6.45) is 3.53. The van der Waals surface area contributed by atoms with Gasteiger partial charge < -0.3 is 10.6 Å². The fourth-order valence-electron chi connectivity index (χ4n) is 2.17. The molecule has 1 fully saturated rings. The van der Waals surface area contributed by atoms with Crippen LogP contribution in [0.25, 0.3) is 0 Å². The molecule has 14 heavy (non-hydrogen) atoms. The van der Waals surface area contributed by atoms with E-state index < -0.39 is 0 Å². The molecule has 1 amide bonds. The summed E-state index contributed by atoms with van der Waals surface area (Å²) in [5.74, 6) is 1.63. The van der Waals surface area contributed by atoms with Gasteiger partial charge in [0.2, 0.25) is 5.91 Å². The lowest BCUT2D eigenvalue weighted by atomic mass is 9.89. The molecule has 1 aliphatic rings. The van der Waals surface area contributed by atoms with Crippen molar-refractivity contribution in [2.45, 2.75) is 33.1 Å². The molecule has 0 aromatic rings. The quantitative estimate of drug-likeness (QED) is 0.725. The van der Waals surface area contributed by atoms with Crippen molar-refractivity contribution in [1.82, 2.24) is 4.90 Å². The van der Waals surface area contributed by atoms with Crippen LogP contribution in [0.5, 0.6) is 0 Å². The Hall–Kier alpha value is -0.570. The van der Waals surface area contributed by atoms with Crippen LogP contribution in [-0.2, 0) is 4.79 Å². The first-order chi connectivity index (χ1) is 6.65. The molecule has 0 aromatic heterocycles. The maximum atomic E-state index is 11.4. The molecule has 3 nitrogen and oxygen atoms in total. The van der Waals surface area contributed by atoms with E-state index in [0.717, 1.165) is 37.8 Å². The number of rotatable bonds is 2. The maximum absolute atomic E-state index is 11.4. The number of carbonyl (C=O) groups is 1. The van der Waals surface area contributed by atoms with Gasteiger partial charge in [-0.15, -0.1) is 0 Å². The number of nitrogens with zero attached hydrogens (tertiary/aromatic N) is 1. The highest BCUT2D eigenvalue weighted by atomic mass is 16.2. The van der Waals surface area contributed by atoms with Crippen LogP contribution in [0.2, 0.25) is 0 Å². The smallest absolute Gasteiger partial charge is 0.236 e. The van der Waals surface area contributed by atoms with Crippen molar-refractivity contribution in [3.8, 4) is 0 Å². The van der Waals surface area contributed by atoms with Gasteiger partial charge >= 0.3 is 0 Å². The molecule has 0 saturated carbocycles. The van der Waals surface area contributed by atoms with E-state index in [1.165, 1.54) is 6.42 Å². The second kappa shape index (κ2) is 5.35. The van der Waals surface area contributed by atoms with Crippen LogP contribution >= 0.6 is 0 Å². The Kier molecular flexibility index (Phi) is 4.39. The third-order valence-corrected chi connectivity index (χ3v) is 3.24. The minimum absolute atomic E-state index is 0.106. The number of nitrogens with two attached hydrogens (primary N) is 1. The predicted octanol–water partition coefficient (Wildman–Crippen LogP) is 1.23. The van der Waals surface area contributed by atoms with Crippen molar-refractivity contribution in [2.24, 2.45) is 17.6 Å². The second-order valence-corrected chi connectivity index (χ2v) is 4.52. The van der Waals surface area contributed by atoms with Gasteiger partial charge in [-0.3, -0.25) is 4.79 Å². The second-order valence-electron chi connectivity index (χ2n) is 4.52. The van der Waals surface area contributed by atoms with E-state index in [1.807, 2.05) is 4.90 Å². The third kappa shape index (κ3) is 2.98. The van der Waals surface area contributed by atoms with Crippen molar-refractivity contribution < 1.29 is 4.79 Å². The zero-order valence-corrected chi connectivity index (χ0v) is 9.33. The van der Waals surface area contributed by atoms with Crippen molar-refractivity contribution in [1.29, 1.82) is 0 Å². The molecule has 1 rings (SSSR count). The summed E-state index contributed by atoms with van der Waals surface area (Å²) in [6, 6.07) is 0. The molecular formula is C11H22N2O. The van der Waals surface area contributed by atoms with Crippen LogP contribution in [0.1, 0.15) is 33.1 Å². The molecule has 1 heterocycles. The summed E-state index contributed by atoms with van der Waals surface area (Å²) < 4.78 is 0. The number of amides is 1. The van der Waals surface area contributed by atoms with Gasteiger partial charge in [-0.05, 0) is 31.1 Å². The van der Waals surface area contributed by atoms with Crippen molar-refractivity contribution >= 4 is 5.91 Å². The zero-order valence-electron chi connectivity index (χ0n) is 9.33. The molecule has 0 aliphatic carbocycles. The average Bonchev–Trinajstić information content (AvgIpc) is 2.41. The van der Waals surface area contributed by atoms with Gasteiger partial charge in [0, 0.05) is 13.1 Å². The monoisotopic (exact) mass is 198 g/mol. The predicted molar refractivity (Wildman–Crippen MR) is 57.8 cm³/mol. The van der Waals surface area contributed by atoms with Crippen LogP contribution in [0.4, 0.5) is 0 Å². The van der Waals surface area contributed by atoms with E-state index in [2.05, 4.69) is 13.8 Å². The Morgan fingerprint density at radius 1 is 1.43 bits per heavy atom. The number of carbonyl (C=O) groups excluding carboxylic acids is 1. The molecular weight excluding hydrogens is 176 g/mol. The fraction of sp³-hybridized carbons (Fsp3) is 0.909. The van der Waals surface area contributed by atoms with Crippen LogP contribution in [0, 0.1) is 11.8 Å². The SMILES string of the molecule is CC(C)C1CCCN(C(=O)CN)CC1. The number of hydrogen-bond donors (Lipinski definition) is 1. The van der Waals surface area contributed by atoms with E-state index in [0.29, 0.717) is 0 Å². The van der Waals surface area contributed by atoms with Gasteiger partial charge in [-0.1, -0.05) is 13.8 Å². The minimum Gasteiger partial charge on any atom is -0.342 e. The van der Waals surface area contributed by atoms with Crippen molar-refractivity contribution in [2.75, 3.05) is 19.6 Å². The first kappa shape index (κ1) is 11.5. The molecule has 0 spiro atoms. The normalized spacial score (nSPS) is 23.7. The van der Waals surface area contributed by atoms with Crippen LogP contribution in [-0.4, -0.2) is 30.4 Å². The summed E-state index contributed by atoms with van der Waals surface area (Å²) in [4.78, 5) is 13.3. The Labute approximate surface area is 86.6 Å². The first-order valence-corrected chi connectivity index (χ1v) is 5.63. The molecule has 1 atom stereocenters. The summed E-state index contributed by atoms with van der Waals surface area (Å²) in [6.45, 7) is 6.50. The first-order valence-electron chi connectivity index (χ1n) is 5.63. The van der Waals surface area contributed by atoms with Gasteiger partial charge in [0.1, 0.15) is 0 Å². The Balaban J connectivity index is 2.44. The number of hydrogen-bond acceptors (Lipinski definition) is 2. The topological polar surface area (TPSA) is 46.3 Å². The van der Waals surface area contributed by atoms with E-state index >= 15 is 0 Å². The molecule has 1 aliphatic heterocycles. The molecule has 0 radical (unpaired) electrons. The van der Waals surface area contributed by atoms with Crippen molar-refractivity contribution in [3.05, 3.63) is 0 Å². The molecule has 2 N–H and O–H groups in total.